The van der Waals surface area contributed by atoms with Crippen LogP contribution in [0.25, 0.3) is 0 Å². The summed E-state index contributed by atoms with van der Waals surface area (Å²) in [5.41, 5.74) is 0.455. The summed E-state index contributed by atoms with van der Waals surface area (Å²) in [6, 6.07) is 3.93. The van der Waals surface area contributed by atoms with Crippen molar-refractivity contribution in [1.82, 2.24) is 4.98 Å². The van der Waals surface area contributed by atoms with E-state index in [4.69, 9.17) is 0 Å². The van der Waals surface area contributed by atoms with Crippen LogP contribution in [0.3, 0.4) is 0 Å². The third kappa shape index (κ3) is 4.10. The van der Waals surface area contributed by atoms with Gasteiger partial charge in [0.05, 0.1) is 5.60 Å². The minimum atomic E-state index is -0.556. The molecule has 2 rings (SSSR count). The summed E-state index contributed by atoms with van der Waals surface area (Å²) in [6.07, 6.45) is 5.94. The normalized spacial score (nSPS) is 27.0. The van der Waals surface area contributed by atoms with Crippen molar-refractivity contribution in [1.29, 1.82) is 0 Å². The van der Waals surface area contributed by atoms with Gasteiger partial charge in [-0.25, -0.2) is 4.98 Å². The van der Waals surface area contributed by atoms with Gasteiger partial charge in [0.15, 0.2) is 0 Å². The molecule has 1 aliphatic rings. The van der Waals surface area contributed by atoms with Gasteiger partial charge in [-0.15, -0.1) is 0 Å². The maximum atomic E-state index is 10.6. The van der Waals surface area contributed by atoms with E-state index in [1.807, 2.05) is 19.1 Å². The highest BCUT2D eigenvalue weighted by molar-refractivity contribution is 5.51. The van der Waals surface area contributed by atoms with E-state index in [0.717, 1.165) is 37.3 Å². The van der Waals surface area contributed by atoms with E-state index in [2.05, 4.69) is 22.5 Å². The second-order valence-electron chi connectivity index (χ2n) is 5.74. The summed E-state index contributed by atoms with van der Waals surface area (Å²) in [5.74, 6) is 1.49. The Bertz CT molecular complexity index is 410. The summed E-state index contributed by atoms with van der Waals surface area (Å²) in [4.78, 5) is 4.24. The predicted molar refractivity (Wildman–Crippen MR) is 79.5 cm³/mol. The molecule has 4 heteroatoms. The first kappa shape index (κ1) is 14.1. The van der Waals surface area contributed by atoms with E-state index >= 15 is 0 Å². The Morgan fingerprint density at radius 1 is 1.47 bits per heavy atom. The van der Waals surface area contributed by atoms with Crippen molar-refractivity contribution in [3.63, 3.8) is 0 Å². The zero-order valence-electron chi connectivity index (χ0n) is 11.9. The number of aliphatic hydroxyl groups is 1. The fraction of sp³-hybridized carbons (Fsp3) is 0.667. The molecule has 1 aliphatic carbocycles. The maximum Gasteiger partial charge on any atom is 0.127 e. The molecule has 0 spiro atoms. The lowest BCUT2D eigenvalue weighted by molar-refractivity contribution is -0.000762. The van der Waals surface area contributed by atoms with E-state index in [1.165, 1.54) is 6.42 Å². The predicted octanol–water partition coefficient (Wildman–Crippen LogP) is 2.87. The van der Waals surface area contributed by atoms with Gasteiger partial charge in [-0.05, 0) is 31.7 Å². The van der Waals surface area contributed by atoms with Gasteiger partial charge in [-0.3, -0.25) is 0 Å². The minimum absolute atomic E-state index is 0.556. The van der Waals surface area contributed by atoms with Gasteiger partial charge in [-0.1, -0.05) is 19.8 Å². The first-order valence-electron chi connectivity index (χ1n) is 7.27. The average Bonchev–Trinajstić information content (AvgIpc) is 2.37. The second-order valence-corrected chi connectivity index (χ2v) is 5.74. The molecule has 0 amide bonds. The zero-order valence-corrected chi connectivity index (χ0v) is 11.9. The van der Waals surface area contributed by atoms with Crippen LogP contribution >= 0.6 is 0 Å². The minimum Gasteiger partial charge on any atom is -0.388 e. The molecular formula is C15H25N3O. The van der Waals surface area contributed by atoms with Crippen LogP contribution in [0.4, 0.5) is 11.5 Å². The monoisotopic (exact) mass is 263 g/mol. The Labute approximate surface area is 115 Å². The molecule has 0 aromatic carbocycles. The van der Waals surface area contributed by atoms with E-state index in [0.29, 0.717) is 12.5 Å². The molecule has 1 aromatic heterocycles. The number of pyridine rings is 1. The van der Waals surface area contributed by atoms with Crippen LogP contribution in [-0.4, -0.2) is 28.8 Å². The smallest absolute Gasteiger partial charge is 0.127 e. The number of hydrogen-bond acceptors (Lipinski definition) is 4. The summed E-state index contributed by atoms with van der Waals surface area (Å²) in [5, 5.41) is 17.1. The van der Waals surface area contributed by atoms with E-state index in [9.17, 15) is 5.11 Å². The molecule has 4 nitrogen and oxygen atoms in total. The molecule has 3 N–H and O–H groups in total. The van der Waals surface area contributed by atoms with Crippen LogP contribution < -0.4 is 10.6 Å². The summed E-state index contributed by atoms with van der Waals surface area (Å²) in [7, 11) is 0. The Morgan fingerprint density at radius 2 is 2.32 bits per heavy atom. The first-order chi connectivity index (χ1) is 9.11. The van der Waals surface area contributed by atoms with Gasteiger partial charge in [0.2, 0.25) is 0 Å². The number of nitrogens with one attached hydrogen (secondary N) is 2. The lowest BCUT2D eigenvalue weighted by Gasteiger charge is -2.35. The molecule has 2 unspecified atom stereocenters. The molecule has 106 valence electrons. The molecule has 0 saturated heterocycles. The lowest BCUT2D eigenvalue weighted by Crippen LogP contribution is -2.41. The molecule has 2 atom stereocenters. The van der Waals surface area contributed by atoms with Crippen molar-refractivity contribution >= 4 is 11.5 Å². The fourth-order valence-corrected chi connectivity index (χ4v) is 2.88. The van der Waals surface area contributed by atoms with Crippen molar-refractivity contribution in [3.8, 4) is 0 Å². The standard InChI is InChI=1S/C15H25N3O/c1-3-16-14-9-13(6-8-17-14)18-11-15(19)7-4-5-12(2)10-15/h6,8-9,12,19H,3-5,7,10-11H2,1-2H3,(H2,16,17,18). The van der Waals surface area contributed by atoms with Crippen molar-refractivity contribution in [2.24, 2.45) is 5.92 Å². The molecule has 1 fully saturated rings. The van der Waals surface area contributed by atoms with Gasteiger partial charge < -0.3 is 15.7 Å². The third-order valence-corrected chi connectivity index (χ3v) is 3.81. The average molecular weight is 263 g/mol. The molecule has 0 aliphatic heterocycles. The molecule has 1 heterocycles. The second kappa shape index (κ2) is 6.24. The molecule has 1 saturated carbocycles. The molecular weight excluding hydrogens is 238 g/mol. The van der Waals surface area contributed by atoms with E-state index in [-0.39, 0.29) is 0 Å². The van der Waals surface area contributed by atoms with Gasteiger partial charge in [0.1, 0.15) is 5.82 Å². The zero-order chi connectivity index (χ0) is 13.7. The number of rotatable bonds is 5. The maximum absolute atomic E-state index is 10.6. The highest BCUT2D eigenvalue weighted by atomic mass is 16.3. The number of nitrogens with zero attached hydrogens (tertiary/aromatic N) is 1. The Balaban J connectivity index is 1.92. The van der Waals surface area contributed by atoms with Crippen LogP contribution in [0.15, 0.2) is 18.3 Å². The SMILES string of the molecule is CCNc1cc(NCC2(O)CCCC(C)C2)ccn1. The Kier molecular flexibility index (Phi) is 4.64. The topological polar surface area (TPSA) is 57.2 Å². The first-order valence-corrected chi connectivity index (χ1v) is 7.27. The van der Waals surface area contributed by atoms with Crippen LogP contribution in [0, 0.1) is 5.92 Å². The molecule has 0 bridgehead atoms. The lowest BCUT2D eigenvalue weighted by atomic mass is 9.79. The number of hydrogen-bond donors (Lipinski definition) is 3. The van der Waals surface area contributed by atoms with E-state index in [1.54, 1.807) is 6.20 Å². The van der Waals surface area contributed by atoms with Crippen LogP contribution in [-0.2, 0) is 0 Å². The summed E-state index contributed by atoms with van der Waals surface area (Å²) < 4.78 is 0. The van der Waals surface area contributed by atoms with Gasteiger partial charge in [0.25, 0.3) is 0 Å². The van der Waals surface area contributed by atoms with Gasteiger partial charge in [0, 0.05) is 31.0 Å². The van der Waals surface area contributed by atoms with Crippen molar-refractivity contribution < 1.29 is 5.11 Å². The van der Waals surface area contributed by atoms with Crippen LogP contribution in [0.1, 0.15) is 39.5 Å². The van der Waals surface area contributed by atoms with Crippen LogP contribution in [0.2, 0.25) is 0 Å². The van der Waals surface area contributed by atoms with Gasteiger partial charge >= 0.3 is 0 Å². The molecule has 0 radical (unpaired) electrons. The van der Waals surface area contributed by atoms with Crippen molar-refractivity contribution in [2.45, 2.75) is 45.1 Å². The quantitative estimate of drug-likeness (QED) is 0.764. The third-order valence-electron chi connectivity index (χ3n) is 3.81. The molecule has 19 heavy (non-hydrogen) atoms. The Hall–Kier alpha value is -1.29. The Morgan fingerprint density at radius 3 is 3.05 bits per heavy atom. The van der Waals surface area contributed by atoms with E-state index < -0.39 is 5.60 Å². The van der Waals surface area contributed by atoms with Crippen molar-refractivity contribution in [3.05, 3.63) is 18.3 Å². The highest BCUT2D eigenvalue weighted by Gasteiger charge is 2.32. The van der Waals surface area contributed by atoms with Crippen molar-refractivity contribution in [2.75, 3.05) is 23.7 Å². The highest BCUT2D eigenvalue weighted by Crippen LogP contribution is 2.32. The van der Waals surface area contributed by atoms with Gasteiger partial charge in [-0.2, -0.15) is 0 Å². The summed E-state index contributed by atoms with van der Waals surface area (Å²) in [6.45, 7) is 5.75. The van der Waals surface area contributed by atoms with Crippen LogP contribution in [0.5, 0.6) is 0 Å². The number of aromatic nitrogens is 1. The summed E-state index contributed by atoms with van der Waals surface area (Å²) >= 11 is 0. The molecule has 1 aromatic rings. The number of anilines is 2. The largest absolute Gasteiger partial charge is 0.388 e. The fourth-order valence-electron chi connectivity index (χ4n) is 2.88.